The number of carboxylic acids is 1. The van der Waals surface area contributed by atoms with Crippen LogP contribution in [-0.4, -0.2) is 16.2 Å². The third kappa shape index (κ3) is 2.31. The number of hydrogen-bond acceptors (Lipinski definition) is 3. The minimum Gasteiger partial charge on any atom is -0.618 e. The highest BCUT2D eigenvalue weighted by Gasteiger charge is 2.17. The number of pyridine rings is 1. The maximum atomic E-state index is 12.5. The van der Waals surface area contributed by atoms with E-state index in [0.717, 1.165) is 0 Å². The first-order valence-corrected chi connectivity index (χ1v) is 6.73. The van der Waals surface area contributed by atoms with Crippen molar-refractivity contribution in [1.82, 2.24) is 0 Å². The van der Waals surface area contributed by atoms with Gasteiger partial charge >= 0.3 is 5.97 Å². The Morgan fingerprint density at radius 1 is 1.09 bits per heavy atom. The molecule has 0 saturated carbocycles. The summed E-state index contributed by atoms with van der Waals surface area (Å²) >= 11 is 6.10. The number of phenols is 1. The van der Waals surface area contributed by atoms with Gasteiger partial charge in [-0.15, -0.1) is 0 Å². The molecular formula is C16H10ClNO4. The van der Waals surface area contributed by atoms with E-state index in [1.807, 2.05) is 0 Å². The van der Waals surface area contributed by atoms with Gasteiger partial charge in [-0.2, -0.15) is 4.73 Å². The lowest BCUT2D eigenvalue weighted by Gasteiger charge is -2.09. The third-order valence-electron chi connectivity index (χ3n) is 3.36. The van der Waals surface area contributed by atoms with Gasteiger partial charge in [0.15, 0.2) is 0 Å². The number of carbonyl (C=O) groups is 1. The molecule has 0 aliphatic heterocycles. The molecular weight excluding hydrogens is 306 g/mol. The van der Waals surface area contributed by atoms with Gasteiger partial charge in [-0.05, 0) is 36.4 Å². The maximum absolute atomic E-state index is 12.5. The SMILES string of the molecule is O=C(O)c1ccc(-c2ccc3cc(O)ccc3[n+]2[O-])c(Cl)c1. The van der Waals surface area contributed by atoms with Crippen molar-refractivity contribution in [3.05, 3.63) is 64.3 Å². The van der Waals surface area contributed by atoms with Crippen molar-refractivity contribution >= 4 is 28.5 Å². The topological polar surface area (TPSA) is 84.5 Å². The summed E-state index contributed by atoms with van der Waals surface area (Å²) in [4.78, 5) is 10.9. The van der Waals surface area contributed by atoms with Crippen LogP contribution in [0.4, 0.5) is 0 Å². The Morgan fingerprint density at radius 2 is 1.86 bits per heavy atom. The highest BCUT2D eigenvalue weighted by Crippen LogP contribution is 2.28. The molecule has 1 aromatic heterocycles. The molecule has 0 amide bonds. The predicted molar refractivity (Wildman–Crippen MR) is 82.0 cm³/mol. The van der Waals surface area contributed by atoms with Gasteiger partial charge in [-0.1, -0.05) is 11.6 Å². The first-order valence-electron chi connectivity index (χ1n) is 6.36. The molecule has 0 aliphatic carbocycles. The summed E-state index contributed by atoms with van der Waals surface area (Å²) in [6, 6.07) is 11.9. The number of hydrogen-bond donors (Lipinski definition) is 2. The molecule has 0 fully saturated rings. The Hall–Kier alpha value is -2.79. The zero-order valence-electron chi connectivity index (χ0n) is 11.2. The Labute approximate surface area is 130 Å². The first kappa shape index (κ1) is 14.2. The molecule has 3 rings (SSSR count). The lowest BCUT2D eigenvalue weighted by molar-refractivity contribution is -0.565. The molecule has 0 bridgehead atoms. The number of aromatic hydroxyl groups is 1. The first-order chi connectivity index (χ1) is 10.5. The fourth-order valence-electron chi connectivity index (χ4n) is 2.28. The van der Waals surface area contributed by atoms with Gasteiger partial charge in [0, 0.05) is 12.1 Å². The summed E-state index contributed by atoms with van der Waals surface area (Å²) in [5, 5.41) is 31.6. The Balaban J connectivity index is 2.20. The fraction of sp³-hybridized carbons (Fsp3) is 0. The van der Waals surface area contributed by atoms with Gasteiger partial charge < -0.3 is 15.4 Å². The summed E-state index contributed by atoms with van der Waals surface area (Å²) in [6.07, 6.45) is 0. The molecule has 2 aromatic carbocycles. The number of fused-ring (bicyclic) bond motifs is 1. The number of nitrogens with zero attached hydrogens (tertiary/aromatic N) is 1. The van der Waals surface area contributed by atoms with Crippen LogP contribution in [0, 0.1) is 5.21 Å². The van der Waals surface area contributed by atoms with Crippen molar-refractivity contribution in [3.63, 3.8) is 0 Å². The van der Waals surface area contributed by atoms with Crippen LogP contribution in [0.15, 0.2) is 48.5 Å². The second kappa shape index (κ2) is 5.20. The Kier molecular flexibility index (Phi) is 3.35. The van der Waals surface area contributed by atoms with Crippen LogP contribution in [0.3, 0.4) is 0 Å². The van der Waals surface area contributed by atoms with E-state index in [-0.39, 0.29) is 16.3 Å². The summed E-state index contributed by atoms with van der Waals surface area (Å²) in [5.41, 5.74) is 1.18. The number of phenolic OH excluding ortho intramolecular Hbond substituents is 1. The molecule has 0 spiro atoms. The Morgan fingerprint density at radius 3 is 2.55 bits per heavy atom. The van der Waals surface area contributed by atoms with Gasteiger partial charge in [-0.25, -0.2) is 4.79 Å². The van der Waals surface area contributed by atoms with Crippen molar-refractivity contribution in [2.24, 2.45) is 0 Å². The van der Waals surface area contributed by atoms with E-state index in [1.54, 1.807) is 12.1 Å². The van der Waals surface area contributed by atoms with Crippen LogP contribution in [-0.2, 0) is 0 Å². The van der Waals surface area contributed by atoms with Crippen LogP contribution in [0.5, 0.6) is 5.75 Å². The Bertz CT molecular complexity index is 908. The van der Waals surface area contributed by atoms with Crippen LogP contribution in [0.1, 0.15) is 10.4 Å². The predicted octanol–water partition coefficient (Wildman–Crippen LogP) is 3.20. The molecule has 2 N–H and O–H groups in total. The number of benzene rings is 2. The minimum atomic E-state index is -1.09. The molecule has 1 heterocycles. The van der Waals surface area contributed by atoms with Crippen LogP contribution in [0.25, 0.3) is 22.2 Å². The van der Waals surface area contributed by atoms with Crippen molar-refractivity contribution < 1.29 is 19.7 Å². The second-order valence-electron chi connectivity index (χ2n) is 4.76. The van der Waals surface area contributed by atoms with Crippen molar-refractivity contribution in [2.75, 3.05) is 0 Å². The lowest BCUT2D eigenvalue weighted by atomic mass is 10.1. The summed E-state index contributed by atoms with van der Waals surface area (Å²) < 4.78 is 0.705. The van der Waals surface area contributed by atoms with Crippen molar-refractivity contribution in [1.29, 1.82) is 0 Å². The smallest absolute Gasteiger partial charge is 0.335 e. The van der Waals surface area contributed by atoms with Gasteiger partial charge in [0.05, 0.1) is 21.5 Å². The molecule has 5 nitrogen and oxygen atoms in total. The van der Waals surface area contributed by atoms with Gasteiger partial charge in [0.2, 0.25) is 11.2 Å². The number of rotatable bonds is 2. The molecule has 0 aliphatic rings. The van der Waals surface area contributed by atoms with Crippen molar-refractivity contribution in [3.8, 4) is 17.0 Å². The number of halogens is 1. The van der Waals surface area contributed by atoms with E-state index >= 15 is 0 Å². The largest absolute Gasteiger partial charge is 0.618 e. The van der Waals surface area contributed by atoms with Gasteiger partial charge in [0.25, 0.3) is 0 Å². The molecule has 110 valence electrons. The fourth-order valence-corrected chi connectivity index (χ4v) is 2.56. The van der Waals surface area contributed by atoms with E-state index in [9.17, 15) is 15.1 Å². The molecule has 0 saturated heterocycles. The number of carboxylic acid groups (broad SMARTS) is 1. The minimum absolute atomic E-state index is 0.0527. The summed E-state index contributed by atoms with van der Waals surface area (Å²) in [7, 11) is 0. The summed E-state index contributed by atoms with van der Waals surface area (Å²) in [6.45, 7) is 0. The molecule has 0 radical (unpaired) electrons. The molecule has 6 heteroatoms. The molecule has 0 unspecified atom stereocenters. The standard InChI is InChI=1S/C16H10ClNO4/c17-13-8-10(16(20)21)1-4-12(13)15-5-2-9-7-11(19)3-6-14(9)18(15)22/h1-8,19H,(H,20,21). The maximum Gasteiger partial charge on any atom is 0.335 e. The molecule has 3 aromatic rings. The third-order valence-corrected chi connectivity index (χ3v) is 3.67. The van der Waals surface area contributed by atoms with E-state index in [1.165, 1.54) is 36.4 Å². The van der Waals surface area contributed by atoms with Crippen LogP contribution in [0.2, 0.25) is 5.02 Å². The van der Waals surface area contributed by atoms with E-state index in [2.05, 4.69) is 0 Å². The number of aromatic carboxylic acids is 1. The van der Waals surface area contributed by atoms with Crippen LogP contribution >= 0.6 is 11.6 Å². The second-order valence-corrected chi connectivity index (χ2v) is 5.16. The quantitative estimate of drug-likeness (QED) is 0.562. The number of aromatic nitrogens is 1. The van der Waals surface area contributed by atoms with Crippen molar-refractivity contribution in [2.45, 2.75) is 0 Å². The zero-order valence-corrected chi connectivity index (χ0v) is 11.9. The normalized spacial score (nSPS) is 10.8. The van der Waals surface area contributed by atoms with Gasteiger partial charge in [0.1, 0.15) is 5.75 Å². The van der Waals surface area contributed by atoms with E-state index in [0.29, 0.717) is 26.9 Å². The molecule has 22 heavy (non-hydrogen) atoms. The lowest BCUT2D eigenvalue weighted by Crippen LogP contribution is -2.30. The molecule has 0 atom stereocenters. The monoisotopic (exact) mass is 315 g/mol. The zero-order chi connectivity index (χ0) is 15.9. The average molecular weight is 316 g/mol. The van der Waals surface area contributed by atoms with Crippen LogP contribution < -0.4 is 4.73 Å². The van der Waals surface area contributed by atoms with Gasteiger partial charge in [-0.3, -0.25) is 0 Å². The van der Waals surface area contributed by atoms with E-state index in [4.69, 9.17) is 16.7 Å². The highest BCUT2D eigenvalue weighted by atomic mass is 35.5. The highest BCUT2D eigenvalue weighted by molar-refractivity contribution is 6.33. The summed E-state index contributed by atoms with van der Waals surface area (Å²) in [5.74, 6) is -1.01. The average Bonchev–Trinajstić information content (AvgIpc) is 2.48. The van der Waals surface area contributed by atoms with E-state index < -0.39 is 5.97 Å².